The molecule has 0 saturated heterocycles. The highest BCUT2D eigenvalue weighted by Crippen LogP contribution is 2.17. The number of esters is 3. The van der Waals surface area contributed by atoms with Crippen LogP contribution in [0.15, 0.2) is 0 Å². The summed E-state index contributed by atoms with van der Waals surface area (Å²) in [6, 6.07) is 0. The normalized spacial score (nSPS) is 11.9. The molecule has 0 saturated carbocycles. The Morgan fingerprint density at radius 1 is 0.328 bits per heavy atom. The van der Waals surface area contributed by atoms with Gasteiger partial charge in [0.15, 0.2) is 6.10 Å². The Balaban J connectivity index is 4.23. The van der Waals surface area contributed by atoms with E-state index in [1.165, 1.54) is 186 Å². The van der Waals surface area contributed by atoms with E-state index in [-0.39, 0.29) is 31.1 Å². The molecule has 6 nitrogen and oxygen atoms in total. The van der Waals surface area contributed by atoms with Crippen LogP contribution in [0.1, 0.15) is 291 Å². The third-order valence-electron chi connectivity index (χ3n) is 11.8. The zero-order chi connectivity index (χ0) is 42.4. The minimum atomic E-state index is -0.759. The van der Waals surface area contributed by atoms with Crippen LogP contribution in [-0.4, -0.2) is 37.2 Å². The van der Waals surface area contributed by atoms with Crippen LogP contribution in [0.25, 0.3) is 0 Å². The predicted molar refractivity (Wildman–Crippen MR) is 247 cm³/mol. The molecular weight excluding hydrogens is 721 g/mol. The Morgan fingerprint density at radius 2 is 0.569 bits per heavy atom. The van der Waals surface area contributed by atoms with Gasteiger partial charge in [-0.3, -0.25) is 14.4 Å². The van der Waals surface area contributed by atoms with E-state index in [4.69, 9.17) is 14.2 Å². The number of carbonyl (C=O) groups is 3. The van der Waals surface area contributed by atoms with Gasteiger partial charge < -0.3 is 14.2 Å². The Labute approximate surface area is 361 Å². The van der Waals surface area contributed by atoms with Gasteiger partial charge in [0.2, 0.25) is 0 Å². The van der Waals surface area contributed by atoms with E-state index in [1.54, 1.807) is 0 Å². The number of hydrogen-bond donors (Lipinski definition) is 0. The highest BCUT2D eigenvalue weighted by atomic mass is 16.6. The highest BCUT2D eigenvalue weighted by Gasteiger charge is 2.19. The van der Waals surface area contributed by atoms with Crippen LogP contribution in [0.4, 0.5) is 0 Å². The van der Waals surface area contributed by atoms with Crippen LogP contribution in [0.5, 0.6) is 0 Å². The van der Waals surface area contributed by atoms with E-state index in [1.807, 2.05) is 0 Å². The van der Waals surface area contributed by atoms with Crippen molar-refractivity contribution >= 4 is 17.9 Å². The van der Waals surface area contributed by atoms with Crippen molar-refractivity contribution in [2.75, 3.05) is 13.2 Å². The van der Waals surface area contributed by atoms with Crippen LogP contribution in [0.2, 0.25) is 0 Å². The largest absolute Gasteiger partial charge is 0.462 e. The molecule has 58 heavy (non-hydrogen) atoms. The van der Waals surface area contributed by atoms with Gasteiger partial charge in [-0.2, -0.15) is 0 Å². The summed E-state index contributed by atoms with van der Waals surface area (Å²) in [4.78, 5) is 37.8. The zero-order valence-electron chi connectivity index (χ0n) is 39.5. The van der Waals surface area contributed by atoms with Gasteiger partial charge in [0.05, 0.1) is 0 Å². The van der Waals surface area contributed by atoms with Crippen LogP contribution >= 0.6 is 0 Å². The molecule has 6 heteroatoms. The second-order valence-corrected chi connectivity index (χ2v) is 18.3. The monoisotopic (exact) mass is 821 g/mol. The van der Waals surface area contributed by atoms with Gasteiger partial charge in [0.25, 0.3) is 0 Å². The fraction of sp³-hybridized carbons (Fsp3) is 0.942. The molecule has 344 valence electrons. The summed E-state index contributed by atoms with van der Waals surface area (Å²) in [6.07, 6.45) is 48.0. The molecular formula is C52H100O6. The van der Waals surface area contributed by atoms with Crippen molar-refractivity contribution in [2.45, 2.75) is 297 Å². The first-order chi connectivity index (χ1) is 28.4. The molecule has 1 atom stereocenters. The first kappa shape index (κ1) is 56.4. The van der Waals surface area contributed by atoms with Gasteiger partial charge in [-0.25, -0.2) is 0 Å². The van der Waals surface area contributed by atoms with E-state index >= 15 is 0 Å². The molecule has 0 spiro atoms. The van der Waals surface area contributed by atoms with Crippen molar-refractivity contribution in [3.63, 3.8) is 0 Å². The molecule has 0 N–H and O–H groups in total. The topological polar surface area (TPSA) is 78.9 Å². The average molecular weight is 821 g/mol. The maximum Gasteiger partial charge on any atom is 0.306 e. The van der Waals surface area contributed by atoms with Gasteiger partial charge in [-0.05, 0) is 25.2 Å². The van der Waals surface area contributed by atoms with Crippen LogP contribution in [0, 0.1) is 5.92 Å². The first-order valence-electron chi connectivity index (χ1n) is 25.9. The van der Waals surface area contributed by atoms with E-state index in [9.17, 15) is 14.4 Å². The molecule has 0 unspecified atom stereocenters. The van der Waals surface area contributed by atoms with Gasteiger partial charge in [0, 0.05) is 19.3 Å². The minimum Gasteiger partial charge on any atom is -0.462 e. The van der Waals surface area contributed by atoms with Crippen LogP contribution < -0.4 is 0 Å². The highest BCUT2D eigenvalue weighted by molar-refractivity contribution is 5.71. The number of hydrogen-bond acceptors (Lipinski definition) is 6. The third kappa shape index (κ3) is 45.5. The second kappa shape index (κ2) is 46.5. The fourth-order valence-corrected chi connectivity index (χ4v) is 7.86. The van der Waals surface area contributed by atoms with E-state index < -0.39 is 6.10 Å². The molecule has 0 aromatic carbocycles. The van der Waals surface area contributed by atoms with Gasteiger partial charge >= 0.3 is 17.9 Å². The Morgan fingerprint density at radius 3 is 0.845 bits per heavy atom. The molecule has 0 rings (SSSR count). The molecule has 0 aliphatic rings. The lowest BCUT2D eigenvalue weighted by Gasteiger charge is -2.18. The lowest BCUT2D eigenvalue weighted by atomic mass is 10.0. The number of unbranched alkanes of at least 4 members (excludes halogenated alkanes) is 34. The summed E-state index contributed by atoms with van der Waals surface area (Å²) in [5.41, 5.74) is 0. The lowest BCUT2D eigenvalue weighted by molar-refractivity contribution is -0.167. The summed E-state index contributed by atoms with van der Waals surface area (Å²) in [7, 11) is 0. The first-order valence-corrected chi connectivity index (χ1v) is 25.9. The number of rotatable bonds is 47. The van der Waals surface area contributed by atoms with Gasteiger partial charge in [-0.1, -0.05) is 252 Å². The average Bonchev–Trinajstić information content (AvgIpc) is 3.21. The molecule has 0 aliphatic heterocycles. The molecule has 0 amide bonds. The summed E-state index contributed by atoms with van der Waals surface area (Å²) in [6.45, 7) is 9.02. The summed E-state index contributed by atoms with van der Waals surface area (Å²) < 4.78 is 16.8. The van der Waals surface area contributed by atoms with Crippen molar-refractivity contribution < 1.29 is 28.6 Å². The van der Waals surface area contributed by atoms with Gasteiger partial charge in [0.1, 0.15) is 13.2 Å². The fourth-order valence-electron chi connectivity index (χ4n) is 7.86. The number of carbonyl (C=O) groups excluding carboxylic acids is 3. The third-order valence-corrected chi connectivity index (χ3v) is 11.8. The molecule has 0 radical (unpaired) electrons. The minimum absolute atomic E-state index is 0.0628. The predicted octanol–water partition coefficient (Wildman–Crippen LogP) is 16.7. The van der Waals surface area contributed by atoms with E-state index in [0.717, 1.165) is 63.7 Å². The Bertz CT molecular complexity index is 872. The van der Waals surface area contributed by atoms with Crippen molar-refractivity contribution in [3.05, 3.63) is 0 Å². The van der Waals surface area contributed by atoms with Crippen molar-refractivity contribution in [3.8, 4) is 0 Å². The number of ether oxygens (including phenoxy) is 3. The summed E-state index contributed by atoms with van der Waals surface area (Å²) in [5.74, 6) is 0.00480. The van der Waals surface area contributed by atoms with Crippen LogP contribution in [-0.2, 0) is 28.6 Å². The SMILES string of the molecule is CCCCCCCCCCCCCCC(=O)OC[C@H](COC(=O)CCCCCCCCCCC)OC(=O)CCCCCCCCCCCCCCCCCCC(C)C. The Hall–Kier alpha value is -1.59. The van der Waals surface area contributed by atoms with Crippen molar-refractivity contribution in [1.82, 2.24) is 0 Å². The van der Waals surface area contributed by atoms with Crippen molar-refractivity contribution in [2.24, 2.45) is 5.92 Å². The molecule has 0 heterocycles. The Kier molecular flexibility index (Phi) is 45.2. The molecule has 0 fully saturated rings. The quantitative estimate of drug-likeness (QED) is 0.0346. The van der Waals surface area contributed by atoms with Crippen molar-refractivity contribution in [1.29, 1.82) is 0 Å². The summed E-state index contributed by atoms with van der Waals surface area (Å²) in [5, 5.41) is 0. The molecule has 0 aromatic rings. The van der Waals surface area contributed by atoms with E-state index in [2.05, 4.69) is 27.7 Å². The lowest BCUT2D eigenvalue weighted by Crippen LogP contribution is -2.30. The van der Waals surface area contributed by atoms with E-state index in [0.29, 0.717) is 19.3 Å². The van der Waals surface area contributed by atoms with Gasteiger partial charge in [-0.15, -0.1) is 0 Å². The molecule has 0 bridgehead atoms. The maximum atomic E-state index is 12.8. The second-order valence-electron chi connectivity index (χ2n) is 18.3. The maximum absolute atomic E-state index is 12.8. The zero-order valence-corrected chi connectivity index (χ0v) is 39.5. The smallest absolute Gasteiger partial charge is 0.306 e. The van der Waals surface area contributed by atoms with Crippen LogP contribution in [0.3, 0.4) is 0 Å². The molecule has 0 aromatic heterocycles. The molecule has 0 aliphatic carbocycles. The summed E-state index contributed by atoms with van der Waals surface area (Å²) >= 11 is 0. The standard InChI is InChI=1S/C52H100O6/c1-5-7-9-11-13-15-16-24-28-32-36-40-44-51(54)57-47-49(46-56-50(53)43-39-35-31-26-14-12-10-8-6-2)58-52(55)45-41-37-33-29-25-22-20-18-17-19-21-23-27-30-34-38-42-48(3)4/h48-49H,5-47H2,1-4H3/t49-/m0/s1.